The van der Waals surface area contributed by atoms with Crippen LogP contribution in [0.2, 0.25) is 0 Å². The van der Waals surface area contributed by atoms with Crippen molar-refractivity contribution in [2.75, 3.05) is 18.6 Å². The van der Waals surface area contributed by atoms with Crippen LogP contribution in [-0.2, 0) is 16.1 Å². The first-order valence-corrected chi connectivity index (χ1v) is 11.4. The summed E-state index contributed by atoms with van der Waals surface area (Å²) in [6, 6.07) is 11.6. The molecule has 0 spiro atoms. The van der Waals surface area contributed by atoms with Crippen LogP contribution in [0, 0.1) is 0 Å². The van der Waals surface area contributed by atoms with E-state index in [1.165, 1.54) is 19.2 Å². The predicted molar refractivity (Wildman–Crippen MR) is 123 cm³/mol. The van der Waals surface area contributed by atoms with E-state index in [-0.39, 0.29) is 42.2 Å². The minimum Gasteiger partial charge on any atom is -0.493 e. The summed E-state index contributed by atoms with van der Waals surface area (Å²) in [5.41, 5.74) is 0.922. The molecule has 1 atom stereocenters. The number of fused-ring (bicyclic) bond motifs is 3. The fourth-order valence-electron chi connectivity index (χ4n) is 4.75. The van der Waals surface area contributed by atoms with Crippen molar-refractivity contribution in [3.8, 4) is 11.5 Å². The molecule has 0 aliphatic carbocycles. The van der Waals surface area contributed by atoms with Gasteiger partial charge in [0.15, 0.2) is 11.5 Å². The van der Waals surface area contributed by atoms with Gasteiger partial charge < -0.3 is 19.7 Å². The molecule has 2 aromatic carbocycles. The van der Waals surface area contributed by atoms with Crippen molar-refractivity contribution in [1.82, 2.24) is 10.2 Å². The molecule has 2 aromatic rings. The molecular weight excluding hydrogens is 460 g/mol. The van der Waals surface area contributed by atoms with Crippen molar-refractivity contribution in [1.29, 1.82) is 0 Å². The van der Waals surface area contributed by atoms with Crippen LogP contribution in [0.3, 0.4) is 0 Å². The summed E-state index contributed by atoms with van der Waals surface area (Å²) in [6.07, 6.45) is 1.44. The highest BCUT2D eigenvalue weighted by atomic mass is 19.3. The van der Waals surface area contributed by atoms with E-state index in [1.54, 1.807) is 34.1 Å². The monoisotopic (exact) mass is 487 g/mol. The lowest BCUT2D eigenvalue weighted by atomic mass is 9.98. The zero-order valence-electron chi connectivity index (χ0n) is 19.6. The molecule has 0 aromatic heterocycles. The molecule has 0 bridgehead atoms. The minimum atomic E-state index is -2.99. The molecule has 0 radical (unpaired) electrons. The summed E-state index contributed by atoms with van der Waals surface area (Å²) in [4.78, 5) is 41.7. The lowest BCUT2D eigenvalue weighted by Crippen LogP contribution is -2.62. The number of carbonyl (C=O) groups is 3. The normalized spacial score (nSPS) is 19.0. The zero-order valence-corrected chi connectivity index (χ0v) is 19.6. The summed E-state index contributed by atoms with van der Waals surface area (Å²) in [7, 11) is 1.35. The third kappa shape index (κ3) is 4.78. The lowest BCUT2D eigenvalue weighted by molar-refractivity contribution is -0.121. The average Bonchev–Trinajstić information content (AvgIpc) is 3.14. The Morgan fingerprint density at radius 3 is 2.69 bits per heavy atom. The summed E-state index contributed by atoms with van der Waals surface area (Å²) < 4.78 is 34.7. The van der Waals surface area contributed by atoms with Gasteiger partial charge in [0.25, 0.3) is 5.91 Å². The van der Waals surface area contributed by atoms with Gasteiger partial charge >= 0.3 is 6.61 Å². The molecule has 8 nitrogen and oxygen atoms in total. The third-order valence-electron chi connectivity index (χ3n) is 6.46. The fraction of sp³-hybridized carbons (Fsp3) is 0.400. The molecular formula is C25H27F2N3O5. The highest BCUT2D eigenvalue weighted by Crippen LogP contribution is 2.44. The first-order valence-electron chi connectivity index (χ1n) is 11.4. The number of nitrogens with one attached hydrogen (secondary N) is 1. The summed E-state index contributed by atoms with van der Waals surface area (Å²) >= 11 is 0. The molecule has 4 rings (SSSR count). The van der Waals surface area contributed by atoms with Crippen molar-refractivity contribution < 1.29 is 32.6 Å². The molecule has 2 aliphatic rings. The van der Waals surface area contributed by atoms with E-state index in [9.17, 15) is 23.2 Å². The van der Waals surface area contributed by atoms with Crippen molar-refractivity contribution in [2.24, 2.45) is 0 Å². The Morgan fingerprint density at radius 2 is 1.94 bits per heavy atom. The molecule has 1 unspecified atom stereocenters. The number of alkyl halides is 2. The molecule has 186 valence electrons. The van der Waals surface area contributed by atoms with E-state index < -0.39 is 12.3 Å². The van der Waals surface area contributed by atoms with Gasteiger partial charge in [0.05, 0.1) is 18.4 Å². The van der Waals surface area contributed by atoms with Gasteiger partial charge in [0, 0.05) is 25.9 Å². The Kier molecular flexibility index (Phi) is 6.90. The van der Waals surface area contributed by atoms with E-state index >= 15 is 0 Å². The number of halogens is 2. The molecule has 3 amide bonds. The van der Waals surface area contributed by atoms with Crippen LogP contribution in [-0.4, -0.2) is 48.6 Å². The van der Waals surface area contributed by atoms with Gasteiger partial charge in [-0.25, -0.2) is 0 Å². The van der Waals surface area contributed by atoms with Crippen LogP contribution >= 0.6 is 0 Å². The van der Waals surface area contributed by atoms with Crippen LogP contribution in [0.5, 0.6) is 11.5 Å². The van der Waals surface area contributed by atoms with Crippen LogP contribution in [0.4, 0.5) is 14.5 Å². The number of benzene rings is 2. The second-order valence-corrected chi connectivity index (χ2v) is 8.66. The largest absolute Gasteiger partial charge is 0.493 e. The number of ether oxygens (including phenoxy) is 2. The van der Waals surface area contributed by atoms with Gasteiger partial charge in [-0.1, -0.05) is 18.2 Å². The Bertz CT molecular complexity index is 1140. The second-order valence-electron chi connectivity index (χ2n) is 8.66. The van der Waals surface area contributed by atoms with Crippen LogP contribution in [0.1, 0.15) is 48.5 Å². The van der Waals surface area contributed by atoms with Crippen molar-refractivity contribution in [3.63, 3.8) is 0 Å². The maximum absolute atomic E-state index is 13.2. The van der Waals surface area contributed by atoms with Gasteiger partial charge in [-0.15, -0.1) is 0 Å². The smallest absolute Gasteiger partial charge is 0.387 e. The summed E-state index contributed by atoms with van der Waals surface area (Å²) in [5.74, 6) is -0.362. The van der Waals surface area contributed by atoms with E-state index in [0.717, 1.165) is 0 Å². The molecule has 1 fully saturated rings. The van der Waals surface area contributed by atoms with Crippen LogP contribution in [0.25, 0.3) is 0 Å². The highest BCUT2D eigenvalue weighted by Gasteiger charge is 2.52. The van der Waals surface area contributed by atoms with Crippen molar-refractivity contribution in [3.05, 3.63) is 53.6 Å². The maximum Gasteiger partial charge on any atom is 0.387 e. The Balaban J connectivity index is 1.36. The van der Waals surface area contributed by atoms with E-state index in [0.29, 0.717) is 42.6 Å². The third-order valence-corrected chi connectivity index (χ3v) is 6.46. The van der Waals surface area contributed by atoms with E-state index in [2.05, 4.69) is 10.1 Å². The quantitative estimate of drug-likeness (QED) is 0.583. The number of hydrogen-bond acceptors (Lipinski definition) is 5. The summed E-state index contributed by atoms with van der Waals surface area (Å²) in [6.45, 7) is -0.672. The Morgan fingerprint density at radius 1 is 1.17 bits per heavy atom. The first-order chi connectivity index (χ1) is 16.7. The topological polar surface area (TPSA) is 88.2 Å². The highest BCUT2D eigenvalue weighted by molar-refractivity contribution is 6.10. The summed E-state index contributed by atoms with van der Waals surface area (Å²) in [5, 5.41) is 2.75. The number of carbonyl (C=O) groups excluding carboxylic acids is 3. The van der Waals surface area contributed by atoms with Gasteiger partial charge in [0.1, 0.15) is 5.66 Å². The average molecular weight is 488 g/mol. The molecule has 1 N–H and O–H groups in total. The molecule has 35 heavy (non-hydrogen) atoms. The molecule has 2 aliphatic heterocycles. The molecule has 1 saturated heterocycles. The number of anilines is 1. The fourth-order valence-corrected chi connectivity index (χ4v) is 4.75. The van der Waals surface area contributed by atoms with Gasteiger partial charge in [-0.3, -0.25) is 19.3 Å². The number of rotatable bonds is 9. The number of hydrogen-bond donors (Lipinski definition) is 1. The van der Waals surface area contributed by atoms with Crippen molar-refractivity contribution >= 4 is 23.4 Å². The van der Waals surface area contributed by atoms with Crippen LogP contribution in [0.15, 0.2) is 42.5 Å². The van der Waals surface area contributed by atoms with Crippen molar-refractivity contribution in [2.45, 2.75) is 51.4 Å². The number of para-hydroxylation sites is 1. The van der Waals surface area contributed by atoms with E-state index in [4.69, 9.17) is 4.74 Å². The second kappa shape index (κ2) is 9.89. The molecule has 2 heterocycles. The SMILES string of the molecule is COc1ccc(CNC(=O)CCCN2C(=O)c3ccccc3N3C(=O)CCC23C)cc1OC(F)F. The van der Waals surface area contributed by atoms with Gasteiger partial charge in [-0.05, 0) is 49.6 Å². The van der Waals surface area contributed by atoms with E-state index in [1.807, 2.05) is 13.0 Å². The Hall–Kier alpha value is -3.69. The van der Waals surface area contributed by atoms with Gasteiger partial charge in [0.2, 0.25) is 11.8 Å². The first kappa shape index (κ1) is 24.4. The molecule has 10 heteroatoms. The lowest BCUT2D eigenvalue weighted by Gasteiger charge is -2.48. The zero-order chi connectivity index (χ0) is 25.2. The Labute approximate surface area is 201 Å². The standard InChI is InChI=1S/C25H27F2N3O5/c1-25-12-11-22(32)30(25)18-7-4-3-6-17(18)23(33)29(25)13-5-8-21(31)28-15-16-9-10-19(34-2)20(14-16)35-24(26)27/h3-4,6-7,9-10,14,24H,5,8,11-13,15H2,1-2H3,(H,28,31). The predicted octanol–water partition coefficient (Wildman–Crippen LogP) is 3.69. The van der Waals surface area contributed by atoms with Crippen LogP contribution < -0.4 is 19.7 Å². The number of nitrogens with zero attached hydrogens (tertiary/aromatic N) is 2. The molecule has 0 saturated carbocycles. The minimum absolute atomic E-state index is 0.0233. The maximum atomic E-state index is 13.2. The van der Waals surface area contributed by atoms with Gasteiger partial charge in [-0.2, -0.15) is 8.78 Å². The number of methoxy groups -OCH3 is 1. The number of amides is 3.